The average Bonchev–Trinajstić information content (AvgIpc) is 2.36. The van der Waals surface area contributed by atoms with E-state index in [0.717, 1.165) is 0 Å². The lowest BCUT2D eigenvalue weighted by Gasteiger charge is -2.08. The Kier molecular flexibility index (Phi) is 4.45. The van der Waals surface area contributed by atoms with Crippen molar-refractivity contribution in [2.45, 2.75) is 12.8 Å². The highest BCUT2D eigenvalue weighted by Gasteiger charge is 2.21. The van der Waals surface area contributed by atoms with Crippen LogP contribution in [0.1, 0.15) is 12.8 Å². The largest absolute Gasteiger partial charge is 0.501 e. The molecule has 1 amide bonds. The molecule has 2 N–H and O–H groups in total. The zero-order chi connectivity index (χ0) is 12.8. The van der Waals surface area contributed by atoms with E-state index in [2.05, 4.69) is 11.9 Å². The molecule has 92 valence electrons. The van der Waals surface area contributed by atoms with E-state index in [-0.39, 0.29) is 18.3 Å². The number of carbonyl (C=O) groups is 1. The summed E-state index contributed by atoms with van der Waals surface area (Å²) in [7, 11) is 0. The summed E-state index contributed by atoms with van der Waals surface area (Å²) in [5.74, 6) is -1.11. The highest BCUT2D eigenvalue weighted by molar-refractivity contribution is 5.86. The van der Waals surface area contributed by atoms with Crippen LogP contribution in [0.15, 0.2) is 22.2 Å². The van der Waals surface area contributed by atoms with E-state index in [4.69, 9.17) is 9.84 Å². The Morgan fingerprint density at radius 3 is 2.65 bits per heavy atom. The van der Waals surface area contributed by atoms with Gasteiger partial charge in [0.2, 0.25) is 17.4 Å². The molecular formula is C11H13NO5. The minimum atomic E-state index is -0.904. The van der Waals surface area contributed by atoms with Gasteiger partial charge in [-0.1, -0.05) is 6.58 Å². The second-order valence-electron chi connectivity index (χ2n) is 3.39. The maximum absolute atomic E-state index is 10.9. The fourth-order valence-corrected chi connectivity index (χ4v) is 1.18. The van der Waals surface area contributed by atoms with E-state index in [0.29, 0.717) is 19.4 Å². The zero-order valence-corrected chi connectivity index (χ0v) is 9.19. The lowest BCUT2D eigenvalue weighted by Crippen LogP contribution is -2.31. The van der Waals surface area contributed by atoms with Gasteiger partial charge >= 0.3 is 0 Å². The van der Waals surface area contributed by atoms with Crippen molar-refractivity contribution < 1.29 is 14.6 Å². The summed E-state index contributed by atoms with van der Waals surface area (Å²) in [5.41, 5.74) is -1.69. The van der Waals surface area contributed by atoms with Gasteiger partial charge < -0.3 is 15.2 Å². The maximum Gasteiger partial charge on any atom is 0.275 e. The van der Waals surface area contributed by atoms with Gasteiger partial charge in [-0.3, -0.25) is 14.4 Å². The van der Waals surface area contributed by atoms with Gasteiger partial charge in [0.05, 0.1) is 6.61 Å². The molecule has 0 saturated heterocycles. The molecule has 0 atom stereocenters. The van der Waals surface area contributed by atoms with Gasteiger partial charge in [0, 0.05) is 6.54 Å². The molecule has 1 aromatic rings. The summed E-state index contributed by atoms with van der Waals surface area (Å²) in [6.45, 7) is 3.99. The Morgan fingerprint density at radius 2 is 2.06 bits per heavy atom. The molecule has 0 spiro atoms. The number of hydrogen-bond donors (Lipinski definition) is 2. The second-order valence-corrected chi connectivity index (χ2v) is 3.39. The van der Waals surface area contributed by atoms with Crippen molar-refractivity contribution in [1.82, 2.24) is 5.32 Å². The van der Waals surface area contributed by atoms with E-state index < -0.39 is 16.6 Å². The molecule has 0 saturated carbocycles. The fourth-order valence-electron chi connectivity index (χ4n) is 1.18. The minimum Gasteiger partial charge on any atom is -0.501 e. The smallest absolute Gasteiger partial charge is 0.275 e. The topological polar surface area (TPSA) is 92.7 Å². The Morgan fingerprint density at radius 1 is 1.35 bits per heavy atom. The van der Waals surface area contributed by atoms with Crippen molar-refractivity contribution in [3.8, 4) is 11.5 Å². The van der Waals surface area contributed by atoms with Crippen LogP contribution in [0, 0.1) is 0 Å². The Labute approximate surface area is 97.2 Å². The van der Waals surface area contributed by atoms with E-state index in [1.54, 1.807) is 0 Å². The summed E-state index contributed by atoms with van der Waals surface area (Å²) in [6.07, 6.45) is 2.43. The molecule has 0 unspecified atom stereocenters. The molecule has 0 aliphatic heterocycles. The molecule has 0 aliphatic carbocycles. The van der Waals surface area contributed by atoms with Crippen LogP contribution in [0.3, 0.4) is 0 Å². The number of carbonyl (C=O) groups excluding carboxylic acids is 1. The summed E-state index contributed by atoms with van der Waals surface area (Å²) in [5, 5.41) is 11.5. The highest BCUT2D eigenvalue weighted by Crippen LogP contribution is 2.17. The van der Waals surface area contributed by atoms with Gasteiger partial charge in [-0.15, -0.1) is 0 Å². The number of rotatable bonds is 7. The third-order valence-electron chi connectivity index (χ3n) is 2.14. The summed E-state index contributed by atoms with van der Waals surface area (Å²) < 4.78 is 4.93. The fraction of sp³-hybridized carbons (Fsp3) is 0.364. The molecule has 1 aromatic carbocycles. The number of aromatic hydroxyl groups is 1. The first-order valence-corrected chi connectivity index (χ1v) is 5.13. The van der Waals surface area contributed by atoms with Crippen molar-refractivity contribution in [1.29, 1.82) is 0 Å². The van der Waals surface area contributed by atoms with Crippen molar-refractivity contribution in [2.24, 2.45) is 0 Å². The molecule has 6 nitrogen and oxygen atoms in total. The first kappa shape index (κ1) is 13.0. The highest BCUT2D eigenvalue weighted by atomic mass is 16.5. The third-order valence-corrected chi connectivity index (χ3v) is 2.14. The van der Waals surface area contributed by atoms with Crippen LogP contribution >= 0.6 is 0 Å². The van der Waals surface area contributed by atoms with Crippen LogP contribution < -0.4 is 20.9 Å². The van der Waals surface area contributed by atoms with Crippen molar-refractivity contribution in [3.05, 3.63) is 33.1 Å². The second kappa shape index (κ2) is 5.83. The number of hydrogen-bond acceptors (Lipinski definition) is 5. The predicted octanol–water partition coefficient (Wildman–Crippen LogP) is -0.551. The van der Waals surface area contributed by atoms with Crippen molar-refractivity contribution >= 4 is 5.91 Å². The van der Waals surface area contributed by atoms with Gasteiger partial charge in [0.15, 0.2) is 0 Å². The van der Waals surface area contributed by atoms with E-state index in [1.165, 1.54) is 6.08 Å². The van der Waals surface area contributed by atoms with E-state index >= 15 is 0 Å². The molecule has 0 fully saturated rings. The molecule has 0 bridgehead atoms. The summed E-state index contributed by atoms with van der Waals surface area (Å²) in [4.78, 5) is 32.2. The molecule has 0 heterocycles. The van der Waals surface area contributed by atoms with E-state index in [1.807, 2.05) is 0 Å². The monoisotopic (exact) mass is 239 g/mol. The first-order valence-electron chi connectivity index (χ1n) is 5.13. The summed E-state index contributed by atoms with van der Waals surface area (Å²) in [6, 6.07) is 0. The number of ether oxygens (including phenoxy) is 1. The first-order chi connectivity index (χ1) is 8.07. The molecule has 0 radical (unpaired) electrons. The Bertz CT molecular complexity index is 484. The van der Waals surface area contributed by atoms with Crippen molar-refractivity contribution in [3.63, 3.8) is 0 Å². The van der Waals surface area contributed by atoms with Crippen LogP contribution in [0.5, 0.6) is 11.5 Å². The van der Waals surface area contributed by atoms with Crippen LogP contribution in [0.25, 0.3) is 0 Å². The van der Waals surface area contributed by atoms with Gasteiger partial charge in [-0.2, -0.15) is 0 Å². The van der Waals surface area contributed by atoms with Gasteiger partial charge in [0.25, 0.3) is 10.9 Å². The normalized spacial score (nSPS) is 10.1. The van der Waals surface area contributed by atoms with Gasteiger partial charge in [-0.05, 0) is 18.9 Å². The third kappa shape index (κ3) is 3.17. The quantitative estimate of drug-likeness (QED) is 0.378. The average molecular weight is 239 g/mol. The predicted molar refractivity (Wildman–Crippen MR) is 61.0 cm³/mol. The maximum atomic E-state index is 10.9. The zero-order valence-electron chi connectivity index (χ0n) is 9.19. The molecule has 0 aromatic heterocycles. The minimum absolute atomic E-state index is 0.211. The molecule has 17 heavy (non-hydrogen) atoms. The Hall–Kier alpha value is -2.11. The van der Waals surface area contributed by atoms with Crippen molar-refractivity contribution in [2.75, 3.05) is 13.2 Å². The molecule has 1 rings (SSSR count). The standard InChI is InChI=1S/C11H13NO5/c1-2-7(13)12-5-3-4-6-17-11-9(15)8(14)10(11)16/h2,15H,1,3-6H2,(H,12,13). The number of amides is 1. The lowest BCUT2D eigenvalue weighted by molar-refractivity contribution is -0.116. The SMILES string of the molecule is C=CC(=O)NCCCCOc1c(O)c(=O)c1=O. The molecular weight excluding hydrogens is 226 g/mol. The van der Waals surface area contributed by atoms with Crippen LogP contribution in [0.4, 0.5) is 0 Å². The van der Waals surface area contributed by atoms with Gasteiger partial charge in [0.1, 0.15) is 0 Å². The van der Waals surface area contributed by atoms with Gasteiger partial charge in [-0.25, -0.2) is 0 Å². The summed E-state index contributed by atoms with van der Waals surface area (Å²) >= 11 is 0. The van der Waals surface area contributed by atoms with E-state index in [9.17, 15) is 14.4 Å². The van der Waals surface area contributed by atoms with Crippen LogP contribution in [0.2, 0.25) is 0 Å². The molecule has 6 heteroatoms. The Balaban J connectivity index is 2.14. The molecule has 0 aliphatic rings. The lowest BCUT2D eigenvalue weighted by atomic mass is 10.2. The number of unbranched alkanes of at least 4 members (excludes halogenated alkanes) is 1. The van der Waals surface area contributed by atoms with Crippen LogP contribution in [-0.4, -0.2) is 24.2 Å². The number of nitrogens with one attached hydrogen (secondary N) is 1. The van der Waals surface area contributed by atoms with Crippen LogP contribution in [-0.2, 0) is 4.79 Å².